The minimum absolute atomic E-state index is 0.0593. The van der Waals surface area contributed by atoms with Gasteiger partial charge >= 0.3 is 6.09 Å². The van der Waals surface area contributed by atoms with Gasteiger partial charge in [0.15, 0.2) is 0 Å². The maximum Gasteiger partial charge on any atom is 0.415 e. The van der Waals surface area contributed by atoms with Crippen molar-refractivity contribution in [2.24, 2.45) is 0 Å². The molecule has 9 heteroatoms. The fraction of sp³-hybridized carbons (Fsp3) is 0.217. The van der Waals surface area contributed by atoms with E-state index in [2.05, 4.69) is 15.1 Å². The molecule has 1 amide bonds. The van der Waals surface area contributed by atoms with Crippen LogP contribution in [0, 0.1) is 5.82 Å². The topological polar surface area (TPSA) is 93.1 Å². The number of nitrogens with zero attached hydrogens (tertiary/aromatic N) is 4. The lowest BCUT2D eigenvalue weighted by atomic mass is 9.92. The Morgan fingerprint density at radius 2 is 1.97 bits per heavy atom. The molecule has 1 aliphatic heterocycles. The Labute approximate surface area is 181 Å². The number of fused-ring (bicyclic) bond motifs is 1. The minimum Gasteiger partial charge on any atom is -0.447 e. The third-order valence-corrected chi connectivity index (χ3v) is 6.15. The largest absolute Gasteiger partial charge is 0.447 e. The lowest BCUT2D eigenvalue weighted by Crippen LogP contribution is -2.27. The zero-order valence-corrected chi connectivity index (χ0v) is 16.9. The number of hydrogen-bond acceptors (Lipinski definition) is 5. The summed E-state index contributed by atoms with van der Waals surface area (Å²) in [6.07, 6.45) is 5.55. The van der Waals surface area contributed by atoms with Crippen LogP contribution in [-0.4, -0.2) is 38.2 Å². The van der Waals surface area contributed by atoms with E-state index >= 15 is 4.39 Å². The summed E-state index contributed by atoms with van der Waals surface area (Å²) >= 11 is 0. The van der Waals surface area contributed by atoms with Crippen molar-refractivity contribution >= 4 is 28.6 Å². The number of H-pyrrole nitrogens is 1. The van der Waals surface area contributed by atoms with Crippen LogP contribution in [0.2, 0.25) is 0 Å². The number of ether oxygens (including phenoxy) is 1. The van der Waals surface area contributed by atoms with Crippen molar-refractivity contribution in [1.29, 1.82) is 0 Å². The summed E-state index contributed by atoms with van der Waals surface area (Å²) < 4.78 is 22.2. The van der Waals surface area contributed by atoms with Crippen LogP contribution in [0.5, 0.6) is 0 Å². The number of ketones is 1. The fourth-order valence-electron chi connectivity index (χ4n) is 4.33. The molecule has 2 fully saturated rings. The van der Waals surface area contributed by atoms with E-state index in [-0.39, 0.29) is 18.4 Å². The Bertz CT molecular complexity index is 1370. The van der Waals surface area contributed by atoms with E-state index in [0.29, 0.717) is 29.7 Å². The molecule has 4 aromatic rings. The molecule has 32 heavy (non-hydrogen) atoms. The van der Waals surface area contributed by atoms with Gasteiger partial charge in [-0.1, -0.05) is 12.1 Å². The van der Waals surface area contributed by atoms with Crippen LogP contribution in [0.15, 0.2) is 55.1 Å². The van der Waals surface area contributed by atoms with E-state index in [9.17, 15) is 9.59 Å². The highest BCUT2D eigenvalue weighted by Gasteiger charge is 2.37. The lowest BCUT2D eigenvalue weighted by Gasteiger charge is -2.24. The molecule has 6 rings (SSSR count). The molecule has 8 nitrogen and oxygen atoms in total. The summed E-state index contributed by atoms with van der Waals surface area (Å²) in [7, 11) is 0. The van der Waals surface area contributed by atoms with Gasteiger partial charge in [-0.25, -0.2) is 14.2 Å². The quantitative estimate of drug-likeness (QED) is 0.524. The number of cyclic esters (lactones) is 1. The summed E-state index contributed by atoms with van der Waals surface area (Å²) in [5.74, 6) is -0.197. The van der Waals surface area contributed by atoms with E-state index in [1.54, 1.807) is 41.5 Å². The molecular weight excluding hydrogens is 413 g/mol. The number of amides is 1. The first-order chi connectivity index (χ1) is 15.6. The first-order valence-corrected chi connectivity index (χ1v) is 10.3. The summed E-state index contributed by atoms with van der Waals surface area (Å²) in [6.45, 7) is 0.0593. The first kappa shape index (κ1) is 18.7. The highest BCUT2D eigenvalue weighted by Crippen LogP contribution is 2.36. The van der Waals surface area contributed by atoms with Crippen molar-refractivity contribution in [3.05, 3.63) is 66.5 Å². The number of aromatic nitrogens is 4. The van der Waals surface area contributed by atoms with Gasteiger partial charge in [0.25, 0.3) is 0 Å². The van der Waals surface area contributed by atoms with E-state index in [1.807, 2.05) is 12.3 Å². The van der Waals surface area contributed by atoms with E-state index in [1.165, 1.54) is 11.0 Å². The van der Waals surface area contributed by atoms with Crippen LogP contribution in [0.25, 0.3) is 22.2 Å². The lowest BCUT2D eigenvalue weighted by molar-refractivity contribution is -0.126. The second-order valence-electron chi connectivity index (χ2n) is 8.11. The molecular formula is C23H18FN5O3. The van der Waals surface area contributed by atoms with Crippen molar-refractivity contribution < 1.29 is 18.7 Å². The number of nitrogens with one attached hydrogen (secondary N) is 1. The molecule has 0 radical (unpaired) electrons. The maximum absolute atomic E-state index is 15.2. The third-order valence-electron chi connectivity index (χ3n) is 6.15. The highest BCUT2D eigenvalue weighted by molar-refractivity contribution is 5.93. The van der Waals surface area contributed by atoms with Crippen molar-refractivity contribution in [3.8, 4) is 11.1 Å². The van der Waals surface area contributed by atoms with Gasteiger partial charge in [-0.2, -0.15) is 5.10 Å². The third kappa shape index (κ3) is 2.96. The van der Waals surface area contributed by atoms with Crippen LogP contribution in [0.4, 0.5) is 14.9 Å². The van der Waals surface area contributed by atoms with Gasteiger partial charge in [0.05, 0.1) is 35.3 Å². The van der Waals surface area contributed by atoms with E-state index < -0.39 is 18.0 Å². The van der Waals surface area contributed by atoms with Gasteiger partial charge < -0.3 is 9.72 Å². The molecule has 1 aliphatic carbocycles. The summed E-state index contributed by atoms with van der Waals surface area (Å²) in [5.41, 5.74) is 3.99. The van der Waals surface area contributed by atoms with Gasteiger partial charge in [0.2, 0.25) is 0 Å². The standard InChI is InChI=1S/C23H18FN5O3/c24-19-5-13(14-9-27-28(10-14)16-6-17(30)7-16)1-3-18(19)22-11-32-23(31)29(22)15-2-4-20-21(8-15)26-12-25-20/h1-5,8-10,12,16,22H,6-7,11H2,(H,25,26). The first-order valence-electron chi connectivity index (χ1n) is 10.3. The SMILES string of the molecule is O=C1CC(n2cc(-c3ccc(C4COC(=O)N4c4ccc5nc[nH]c5c4)c(F)c3)cn2)C1. The number of halogens is 1. The van der Waals surface area contributed by atoms with Crippen LogP contribution in [0.3, 0.4) is 0 Å². The second kappa shape index (κ2) is 7.01. The number of anilines is 1. The second-order valence-corrected chi connectivity index (χ2v) is 8.11. The number of carbonyl (C=O) groups excluding carboxylic acids is 2. The Hall–Kier alpha value is -4.01. The summed E-state index contributed by atoms with van der Waals surface area (Å²) in [4.78, 5) is 32.4. The Morgan fingerprint density at radius 3 is 2.78 bits per heavy atom. The van der Waals surface area contributed by atoms with Gasteiger partial charge in [0.1, 0.15) is 24.2 Å². The highest BCUT2D eigenvalue weighted by atomic mass is 19.1. The van der Waals surface area contributed by atoms with Gasteiger partial charge in [-0.15, -0.1) is 0 Å². The van der Waals surface area contributed by atoms with Crippen LogP contribution >= 0.6 is 0 Å². The Balaban J connectivity index is 1.30. The molecule has 2 aliphatic rings. The number of carbonyl (C=O) groups is 2. The van der Waals surface area contributed by atoms with Crippen molar-refractivity contribution in [3.63, 3.8) is 0 Å². The molecule has 1 saturated carbocycles. The zero-order valence-electron chi connectivity index (χ0n) is 16.9. The Kier molecular flexibility index (Phi) is 4.11. The maximum atomic E-state index is 15.2. The molecule has 0 spiro atoms. The van der Waals surface area contributed by atoms with Crippen molar-refractivity contribution in [2.75, 3.05) is 11.5 Å². The van der Waals surface area contributed by atoms with E-state index in [0.717, 1.165) is 16.6 Å². The predicted octanol–water partition coefficient (Wildman–Crippen LogP) is 4.17. The average Bonchev–Trinajstić information content (AvgIpc) is 3.50. The normalized spacial score (nSPS) is 18.9. The molecule has 1 unspecified atom stereocenters. The zero-order chi connectivity index (χ0) is 21.8. The molecule has 160 valence electrons. The number of rotatable bonds is 4. The minimum atomic E-state index is -0.583. The van der Waals surface area contributed by atoms with Crippen LogP contribution in [-0.2, 0) is 9.53 Å². The molecule has 1 atom stereocenters. The molecule has 3 heterocycles. The van der Waals surface area contributed by atoms with Gasteiger partial charge in [0, 0.05) is 30.2 Å². The Morgan fingerprint density at radius 1 is 1.09 bits per heavy atom. The molecule has 2 aromatic heterocycles. The van der Waals surface area contributed by atoms with Crippen LogP contribution in [0.1, 0.15) is 30.5 Å². The van der Waals surface area contributed by atoms with Crippen molar-refractivity contribution in [2.45, 2.75) is 24.9 Å². The van der Waals surface area contributed by atoms with Gasteiger partial charge in [-0.3, -0.25) is 14.4 Å². The molecule has 2 aromatic carbocycles. The predicted molar refractivity (Wildman–Crippen MR) is 114 cm³/mol. The monoisotopic (exact) mass is 431 g/mol. The number of aromatic amines is 1. The average molecular weight is 431 g/mol. The van der Waals surface area contributed by atoms with Gasteiger partial charge in [-0.05, 0) is 29.8 Å². The van der Waals surface area contributed by atoms with E-state index in [4.69, 9.17) is 4.74 Å². The van der Waals surface area contributed by atoms with Crippen LogP contribution < -0.4 is 4.90 Å². The number of hydrogen-bond donors (Lipinski definition) is 1. The number of Topliss-reactive ketones (excluding diaryl/α,β-unsaturated/α-hetero) is 1. The van der Waals surface area contributed by atoms with Crippen molar-refractivity contribution in [1.82, 2.24) is 19.7 Å². The molecule has 1 saturated heterocycles. The number of imidazole rings is 1. The fourth-order valence-corrected chi connectivity index (χ4v) is 4.33. The molecule has 1 N–H and O–H groups in total. The summed E-state index contributed by atoms with van der Waals surface area (Å²) in [5, 5.41) is 4.32. The number of benzene rings is 2. The smallest absolute Gasteiger partial charge is 0.415 e. The molecule has 0 bridgehead atoms. The summed E-state index contributed by atoms with van der Waals surface area (Å²) in [6, 6.07) is 9.82.